The number of carbonyl (C=O) groups is 1. The van der Waals surface area contributed by atoms with Crippen molar-refractivity contribution in [2.75, 3.05) is 13.1 Å². The van der Waals surface area contributed by atoms with E-state index in [-0.39, 0.29) is 11.9 Å². The third kappa shape index (κ3) is 2.73. The van der Waals surface area contributed by atoms with Crippen LogP contribution in [0.1, 0.15) is 55.8 Å². The molecule has 1 aliphatic carbocycles. The van der Waals surface area contributed by atoms with Gasteiger partial charge in [0.15, 0.2) is 0 Å². The first-order chi connectivity index (χ1) is 9.54. The fourth-order valence-corrected chi connectivity index (χ4v) is 2.88. The standard InChI is InChI=1S/C15H24N4O/c1-9(2)19-7-10(3)13(8-19)18-15(20)12-6-16-14(17-12)11-4-5-11/h6,9-11,13H,4-5,7-8H2,1-3H3,(H,16,17)(H,18,20)/t10-,13-/m1/s1. The Hall–Kier alpha value is -1.36. The lowest BCUT2D eigenvalue weighted by molar-refractivity contribution is 0.0926. The van der Waals surface area contributed by atoms with Crippen LogP contribution in [-0.4, -0.2) is 45.9 Å². The first-order valence-corrected chi connectivity index (χ1v) is 7.64. The number of imidazole rings is 1. The van der Waals surface area contributed by atoms with Gasteiger partial charge in [0.2, 0.25) is 0 Å². The molecule has 2 atom stereocenters. The molecule has 0 bridgehead atoms. The summed E-state index contributed by atoms with van der Waals surface area (Å²) in [4.78, 5) is 22.2. The van der Waals surface area contributed by atoms with E-state index in [1.165, 1.54) is 12.8 Å². The van der Waals surface area contributed by atoms with Gasteiger partial charge < -0.3 is 10.3 Å². The second kappa shape index (κ2) is 5.20. The normalized spacial score (nSPS) is 27.2. The predicted octanol–water partition coefficient (Wildman–Crippen LogP) is 1.75. The second-order valence-corrected chi connectivity index (χ2v) is 6.56. The third-order valence-electron chi connectivity index (χ3n) is 4.49. The van der Waals surface area contributed by atoms with Gasteiger partial charge in [-0.3, -0.25) is 9.69 Å². The molecule has 110 valence electrons. The number of aromatic amines is 1. The van der Waals surface area contributed by atoms with Crippen LogP contribution < -0.4 is 5.32 Å². The van der Waals surface area contributed by atoms with E-state index in [4.69, 9.17) is 0 Å². The van der Waals surface area contributed by atoms with Crippen LogP contribution in [0.5, 0.6) is 0 Å². The molecule has 0 aromatic carbocycles. The number of hydrogen-bond acceptors (Lipinski definition) is 3. The molecule has 2 N–H and O–H groups in total. The second-order valence-electron chi connectivity index (χ2n) is 6.56. The summed E-state index contributed by atoms with van der Waals surface area (Å²) < 4.78 is 0. The van der Waals surface area contributed by atoms with E-state index in [2.05, 4.69) is 41.0 Å². The van der Waals surface area contributed by atoms with Crippen LogP contribution in [0.25, 0.3) is 0 Å². The maximum Gasteiger partial charge on any atom is 0.269 e. The minimum atomic E-state index is -0.0214. The molecule has 2 heterocycles. The van der Waals surface area contributed by atoms with Gasteiger partial charge in [-0.1, -0.05) is 6.92 Å². The van der Waals surface area contributed by atoms with Crippen molar-refractivity contribution in [2.24, 2.45) is 5.92 Å². The number of amides is 1. The molecule has 1 saturated heterocycles. The number of likely N-dealkylation sites (tertiary alicyclic amines) is 1. The molecule has 0 unspecified atom stereocenters. The number of nitrogens with one attached hydrogen (secondary N) is 2. The number of rotatable bonds is 4. The highest BCUT2D eigenvalue weighted by Gasteiger charge is 2.32. The van der Waals surface area contributed by atoms with Gasteiger partial charge in [-0.15, -0.1) is 0 Å². The van der Waals surface area contributed by atoms with Gasteiger partial charge in [0.1, 0.15) is 11.5 Å². The molecule has 1 aliphatic heterocycles. The molecule has 1 aromatic rings. The van der Waals surface area contributed by atoms with E-state index in [0.29, 0.717) is 23.6 Å². The highest BCUT2D eigenvalue weighted by molar-refractivity contribution is 5.92. The molecule has 5 nitrogen and oxygen atoms in total. The highest BCUT2D eigenvalue weighted by Crippen LogP contribution is 2.38. The summed E-state index contributed by atoms with van der Waals surface area (Å²) in [6.45, 7) is 8.60. The topological polar surface area (TPSA) is 61.0 Å². The average Bonchev–Trinajstić information content (AvgIpc) is 3.01. The van der Waals surface area contributed by atoms with Crippen LogP contribution >= 0.6 is 0 Å². The van der Waals surface area contributed by atoms with E-state index in [1.54, 1.807) is 6.20 Å². The number of nitrogens with zero attached hydrogens (tertiary/aromatic N) is 2. The zero-order valence-corrected chi connectivity index (χ0v) is 12.5. The summed E-state index contributed by atoms with van der Waals surface area (Å²) >= 11 is 0. The smallest absolute Gasteiger partial charge is 0.269 e. The number of carbonyl (C=O) groups excluding carboxylic acids is 1. The largest absolute Gasteiger partial charge is 0.346 e. The molecular formula is C15H24N4O. The summed E-state index contributed by atoms with van der Waals surface area (Å²) in [5.41, 5.74) is 0.599. The molecule has 0 spiro atoms. The molecule has 5 heteroatoms. The summed E-state index contributed by atoms with van der Waals surface area (Å²) in [6.07, 6.45) is 4.05. The van der Waals surface area contributed by atoms with Crippen LogP contribution in [0.15, 0.2) is 6.20 Å². The van der Waals surface area contributed by atoms with Crippen LogP contribution in [0.4, 0.5) is 0 Å². The maximum atomic E-state index is 12.3. The molecule has 1 amide bonds. The Bertz CT molecular complexity index is 492. The minimum absolute atomic E-state index is 0.0214. The summed E-state index contributed by atoms with van der Waals surface area (Å²) in [5.74, 6) is 2.00. The average molecular weight is 276 g/mol. The van der Waals surface area contributed by atoms with Crippen LogP contribution in [0.3, 0.4) is 0 Å². The molecule has 2 aliphatic rings. The highest BCUT2D eigenvalue weighted by atomic mass is 16.2. The van der Waals surface area contributed by atoms with E-state index >= 15 is 0 Å². The van der Waals surface area contributed by atoms with Crippen molar-refractivity contribution in [3.63, 3.8) is 0 Å². The van der Waals surface area contributed by atoms with Gasteiger partial charge in [0, 0.05) is 31.1 Å². The summed E-state index contributed by atoms with van der Waals surface area (Å²) in [7, 11) is 0. The molecule has 2 fully saturated rings. The van der Waals surface area contributed by atoms with Gasteiger partial charge in [0.25, 0.3) is 5.91 Å². The van der Waals surface area contributed by atoms with Gasteiger partial charge in [-0.05, 0) is 32.6 Å². The first kappa shape index (κ1) is 13.6. The zero-order chi connectivity index (χ0) is 14.3. The zero-order valence-electron chi connectivity index (χ0n) is 12.5. The summed E-state index contributed by atoms with van der Waals surface area (Å²) in [6, 6.07) is 0.769. The SMILES string of the molecule is CC(C)N1C[C@@H](C)[C@H](NC(=O)c2cnc(C3CC3)[nH]2)C1. The van der Waals surface area contributed by atoms with Crippen LogP contribution in [-0.2, 0) is 0 Å². The lowest BCUT2D eigenvalue weighted by atomic mass is 10.1. The predicted molar refractivity (Wildman–Crippen MR) is 77.7 cm³/mol. The quantitative estimate of drug-likeness (QED) is 0.880. The monoisotopic (exact) mass is 276 g/mol. The molecular weight excluding hydrogens is 252 g/mol. The Balaban J connectivity index is 1.60. The van der Waals surface area contributed by atoms with Gasteiger partial charge in [-0.2, -0.15) is 0 Å². The third-order valence-corrected chi connectivity index (χ3v) is 4.49. The maximum absolute atomic E-state index is 12.3. The molecule has 1 aromatic heterocycles. The Morgan fingerprint density at radius 3 is 2.80 bits per heavy atom. The van der Waals surface area contributed by atoms with E-state index in [9.17, 15) is 4.79 Å². The van der Waals surface area contributed by atoms with Crippen molar-refractivity contribution in [3.8, 4) is 0 Å². The van der Waals surface area contributed by atoms with Gasteiger partial charge in [-0.25, -0.2) is 4.98 Å². The first-order valence-electron chi connectivity index (χ1n) is 7.64. The van der Waals surface area contributed by atoms with Crippen molar-refractivity contribution in [3.05, 3.63) is 17.7 Å². The number of hydrogen-bond donors (Lipinski definition) is 2. The number of aromatic nitrogens is 2. The van der Waals surface area contributed by atoms with Crippen LogP contribution in [0, 0.1) is 5.92 Å². The Morgan fingerprint density at radius 1 is 1.45 bits per heavy atom. The van der Waals surface area contributed by atoms with Crippen molar-refractivity contribution in [2.45, 2.75) is 51.6 Å². The molecule has 1 saturated carbocycles. The van der Waals surface area contributed by atoms with Gasteiger partial charge >= 0.3 is 0 Å². The lowest BCUT2D eigenvalue weighted by Gasteiger charge is -2.20. The fraction of sp³-hybridized carbons (Fsp3) is 0.733. The lowest BCUT2D eigenvalue weighted by Crippen LogP contribution is -2.40. The number of H-pyrrole nitrogens is 1. The van der Waals surface area contributed by atoms with E-state index in [1.807, 2.05) is 0 Å². The van der Waals surface area contributed by atoms with Crippen molar-refractivity contribution in [1.29, 1.82) is 0 Å². The Kier molecular flexibility index (Phi) is 3.54. The molecule has 20 heavy (non-hydrogen) atoms. The van der Waals surface area contributed by atoms with Gasteiger partial charge in [0.05, 0.1) is 6.20 Å². The fourth-order valence-electron chi connectivity index (χ4n) is 2.88. The summed E-state index contributed by atoms with van der Waals surface area (Å²) in [5, 5.41) is 3.15. The van der Waals surface area contributed by atoms with E-state index < -0.39 is 0 Å². The van der Waals surface area contributed by atoms with Crippen molar-refractivity contribution < 1.29 is 4.79 Å². The van der Waals surface area contributed by atoms with E-state index in [0.717, 1.165) is 18.9 Å². The van der Waals surface area contributed by atoms with Crippen molar-refractivity contribution >= 4 is 5.91 Å². The molecule has 3 rings (SSSR count). The minimum Gasteiger partial charge on any atom is -0.346 e. The Labute approximate surface area is 120 Å². The Morgan fingerprint density at radius 2 is 2.20 bits per heavy atom. The van der Waals surface area contributed by atoms with Crippen LogP contribution in [0.2, 0.25) is 0 Å². The molecule has 0 radical (unpaired) electrons. The van der Waals surface area contributed by atoms with Crippen molar-refractivity contribution in [1.82, 2.24) is 20.2 Å².